The molecule has 0 bridgehead atoms. The Kier molecular flexibility index (Phi) is 2.37. The van der Waals surface area contributed by atoms with Gasteiger partial charge >= 0.3 is 0 Å². The van der Waals surface area contributed by atoms with E-state index in [1.807, 2.05) is 12.1 Å². The van der Waals surface area contributed by atoms with Gasteiger partial charge in [-0.15, -0.1) is 0 Å². The number of amides is 1. The summed E-state index contributed by atoms with van der Waals surface area (Å²) in [5.41, 5.74) is 4.91. The minimum atomic E-state index is -0.240. The lowest BCUT2D eigenvalue weighted by Crippen LogP contribution is -2.31. The van der Waals surface area contributed by atoms with Crippen LogP contribution in [0.5, 0.6) is 0 Å². The number of rotatable bonds is 1. The van der Waals surface area contributed by atoms with Crippen molar-refractivity contribution in [2.45, 2.75) is 12.8 Å². The molecule has 1 aromatic rings. The van der Waals surface area contributed by atoms with Crippen LogP contribution in [0.25, 0.3) is 0 Å². The Bertz CT molecular complexity index is 362. The summed E-state index contributed by atoms with van der Waals surface area (Å²) in [6, 6.07) is 5.70. The molecule has 4 heteroatoms. The fraction of sp³-hybridized carbons (Fsp3) is 0.300. The first-order chi connectivity index (χ1) is 6.83. The average Bonchev–Trinajstić information content (AvgIpc) is 2.27. The number of para-hydroxylation sites is 1. The first kappa shape index (κ1) is 9.02. The molecule has 4 nitrogen and oxygen atoms in total. The van der Waals surface area contributed by atoms with Crippen molar-refractivity contribution < 1.29 is 4.79 Å². The maximum absolute atomic E-state index is 11.4. The van der Waals surface area contributed by atoms with Gasteiger partial charge < -0.3 is 5.32 Å². The van der Waals surface area contributed by atoms with Gasteiger partial charge in [-0.25, -0.2) is 5.84 Å². The van der Waals surface area contributed by atoms with Crippen molar-refractivity contribution in [2.75, 3.05) is 11.9 Å². The molecule has 1 aliphatic heterocycles. The summed E-state index contributed by atoms with van der Waals surface area (Å²) in [7, 11) is 0. The highest BCUT2D eigenvalue weighted by atomic mass is 16.2. The molecule has 0 fully saturated rings. The Balaban J connectivity index is 2.45. The number of anilines is 1. The monoisotopic (exact) mass is 191 g/mol. The van der Waals surface area contributed by atoms with E-state index in [0.29, 0.717) is 5.56 Å². The van der Waals surface area contributed by atoms with Crippen LogP contribution in [0.1, 0.15) is 22.3 Å². The van der Waals surface area contributed by atoms with Gasteiger partial charge in [-0.05, 0) is 24.5 Å². The molecule has 0 aliphatic carbocycles. The maximum Gasteiger partial charge on any atom is 0.267 e. The van der Waals surface area contributed by atoms with Crippen molar-refractivity contribution in [1.82, 2.24) is 5.43 Å². The smallest absolute Gasteiger partial charge is 0.267 e. The Hall–Kier alpha value is -1.55. The molecule has 0 spiro atoms. The topological polar surface area (TPSA) is 67.1 Å². The van der Waals surface area contributed by atoms with E-state index in [4.69, 9.17) is 5.84 Å². The van der Waals surface area contributed by atoms with Crippen molar-refractivity contribution in [1.29, 1.82) is 0 Å². The highest BCUT2D eigenvalue weighted by molar-refractivity contribution is 6.00. The van der Waals surface area contributed by atoms with Crippen LogP contribution in [-0.4, -0.2) is 12.5 Å². The van der Waals surface area contributed by atoms with Crippen molar-refractivity contribution in [2.24, 2.45) is 5.84 Å². The highest BCUT2D eigenvalue weighted by Gasteiger charge is 2.15. The Morgan fingerprint density at radius 2 is 2.36 bits per heavy atom. The standard InChI is InChI=1S/C10H13N3O/c11-13-10(14)8-5-1-3-7-4-2-6-12-9(7)8/h1,3,5,12H,2,4,6,11H2,(H,13,14). The summed E-state index contributed by atoms with van der Waals surface area (Å²) in [5, 5.41) is 3.23. The number of carbonyl (C=O) groups is 1. The lowest BCUT2D eigenvalue weighted by molar-refractivity contribution is 0.0954. The lowest BCUT2D eigenvalue weighted by atomic mass is 9.99. The largest absolute Gasteiger partial charge is 0.384 e. The number of fused-ring (bicyclic) bond motifs is 1. The van der Waals surface area contributed by atoms with Crippen LogP contribution in [0, 0.1) is 0 Å². The molecular formula is C10H13N3O. The minimum Gasteiger partial charge on any atom is -0.384 e. The van der Waals surface area contributed by atoms with Crippen LogP contribution in [0.4, 0.5) is 5.69 Å². The molecule has 1 aromatic carbocycles. The first-order valence-electron chi connectivity index (χ1n) is 4.69. The molecule has 0 saturated heterocycles. The van der Waals surface area contributed by atoms with Crippen molar-refractivity contribution in [3.8, 4) is 0 Å². The van der Waals surface area contributed by atoms with Crippen LogP contribution in [-0.2, 0) is 6.42 Å². The molecule has 2 rings (SSSR count). The third-order valence-electron chi connectivity index (χ3n) is 2.45. The number of hydrogen-bond acceptors (Lipinski definition) is 3. The van der Waals surface area contributed by atoms with Crippen LogP contribution >= 0.6 is 0 Å². The second kappa shape index (κ2) is 3.67. The molecule has 14 heavy (non-hydrogen) atoms. The molecule has 4 N–H and O–H groups in total. The van der Waals surface area contributed by atoms with E-state index in [0.717, 1.165) is 25.1 Å². The molecule has 1 aliphatic rings. The average molecular weight is 191 g/mol. The van der Waals surface area contributed by atoms with Gasteiger partial charge in [0.15, 0.2) is 0 Å². The summed E-state index contributed by atoms with van der Waals surface area (Å²) >= 11 is 0. The van der Waals surface area contributed by atoms with Gasteiger partial charge in [0.05, 0.1) is 11.3 Å². The summed E-state index contributed by atoms with van der Waals surface area (Å²) in [4.78, 5) is 11.4. The summed E-state index contributed by atoms with van der Waals surface area (Å²) in [5.74, 6) is 4.87. The number of nitrogens with one attached hydrogen (secondary N) is 2. The molecule has 0 unspecified atom stereocenters. The summed E-state index contributed by atoms with van der Waals surface area (Å²) in [6.45, 7) is 0.919. The van der Waals surface area contributed by atoms with Crippen molar-refractivity contribution >= 4 is 11.6 Å². The Labute approximate surface area is 82.5 Å². The molecule has 0 radical (unpaired) electrons. The summed E-state index contributed by atoms with van der Waals surface area (Å²) in [6.07, 6.45) is 2.13. The normalized spacial score (nSPS) is 14.1. The lowest BCUT2D eigenvalue weighted by Gasteiger charge is -2.20. The van der Waals surface area contributed by atoms with Gasteiger partial charge in [0.2, 0.25) is 0 Å². The van der Waals surface area contributed by atoms with Crippen LogP contribution < -0.4 is 16.6 Å². The second-order valence-corrected chi connectivity index (χ2v) is 3.34. The SMILES string of the molecule is NNC(=O)c1cccc2c1NCCC2. The van der Waals surface area contributed by atoms with Crippen LogP contribution in [0.3, 0.4) is 0 Å². The predicted octanol–water partition coefficient (Wildman–Crippen LogP) is 0.648. The van der Waals surface area contributed by atoms with E-state index in [1.165, 1.54) is 5.56 Å². The zero-order valence-electron chi connectivity index (χ0n) is 7.84. The number of nitrogen functional groups attached to an aromatic ring is 1. The molecule has 0 aromatic heterocycles. The van der Waals surface area contributed by atoms with Crippen LogP contribution in [0.2, 0.25) is 0 Å². The van der Waals surface area contributed by atoms with Gasteiger partial charge in [-0.1, -0.05) is 12.1 Å². The van der Waals surface area contributed by atoms with E-state index < -0.39 is 0 Å². The van der Waals surface area contributed by atoms with Gasteiger partial charge in [-0.2, -0.15) is 0 Å². The minimum absolute atomic E-state index is 0.240. The van der Waals surface area contributed by atoms with Gasteiger partial charge in [0, 0.05) is 6.54 Å². The number of benzene rings is 1. The third kappa shape index (κ3) is 1.44. The fourth-order valence-corrected chi connectivity index (χ4v) is 1.78. The quantitative estimate of drug-likeness (QED) is 0.347. The Morgan fingerprint density at radius 3 is 3.14 bits per heavy atom. The first-order valence-corrected chi connectivity index (χ1v) is 4.69. The zero-order chi connectivity index (χ0) is 9.97. The number of hydrazine groups is 1. The number of aryl methyl sites for hydroxylation is 1. The fourth-order valence-electron chi connectivity index (χ4n) is 1.78. The van der Waals surface area contributed by atoms with Crippen molar-refractivity contribution in [3.63, 3.8) is 0 Å². The van der Waals surface area contributed by atoms with E-state index in [9.17, 15) is 4.79 Å². The van der Waals surface area contributed by atoms with Gasteiger partial charge in [-0.3, -0.25) is 10.2 Å². The van der Waals surface area contributed by atoms with Gasteiger partial charge in [0.1, 0.15) is 0 Å². The molecule has 0 saturated carbocycles. The second-order valence-electron chi connectivity index (χ2n) is 3.34. The van der Waals surface area contributed by atoms with Crippen LogP contribution in [0.15, 0.2) is 18.2 Å². The number of carbonyl (C=O) groups excluding carboxylic acids is 1. The highest BCUT2D eigenvalue weighted by Crippen LogP contribution is 2.25. The third-order valence-corrected chi connectivity index (χ3v) is 2.45. The molecule has 74 valence electrons. The summed E-state index contributed by atoms with van der Waals surface area (Å²) < 4.78 is 0. The molecule has 1 heterocycles. The number of hydrogen-bond donors (Lipinski definition) is 3. The zero-order valence-corrected chi connectivity index (χ0v) is 7.84. The predicted molar refractivity (Wildman–Crippen MR) is 54.9 cm³/mol. The number of nitrogens with two attached hydrogens (primary N) is 1. The van der Waals surface area contributed by atoms with E-state index in [-0.39, 0.29) is 5.91 Å². The van der Waals surface area contributed by atoms with Gasteiger partial charge in [0.25, 0.3) is 5.91 Å². The molecule has 0 atom stereocenters. The molecular weight excluding hydrogens is 178 g/mol. The van der Waals surface area contributed by atoms with Crippen molar-refractivity contribution in [3.05, 3.63) is 29.3 Å². The maximum atomic E-state index is 11.4. The Morgan fingerprint density at radius 1 is 1.50 bits per heavy atom. The van der Waals surface area contributed by atoms with E-state index in [1.54, 1.807) is 6.07 Å². The van der Waals surface area contributed by atoms with E-state index >= 15 is 0 Å². The molecule has 1 amide bonds. The van der Waals surface area contributed by atoms with E-state index in [2.05, 4.69) is 10.7 Å².